The van der Waals surface area contributed by atoms with Gasteiger partial charge in [-0.3, -0.25) is 9.62 Å². The maximum atomic E-state index is 13.8. The van der Waals surface area contributed by atoms with Crippen molar-refractivity contribution in [2.45, 2.75) is 11.4 Å². The van der Waals surface area contributed by atoms with Gasteiger partial charge in [0.05, 0.1) is 13.2 Å². The van der Waals surface area contributed by atoms with E-state index in [1.807, 2.05) is 0 Å². The highest BCUT2D eigenvalue weighted by Gasteiger charge is 2.21. The smallest absolute Gasteiger partial charge is 0.264 e. The molecule has 2 aromatic rings. The van der Waals surface area contributed by atoms with Crippen molar-refractivity contribution in [2.24, 2.45) is 0 Å². The number of nitrogens with zero attached hydrogens (tertiary/aromatic N) is 1. The Bertz CT molecular complexity index is 903. The van der Waals surface area contributed by atoms with Gasteiger partial charge in [0.2, 0.25) is 0 Å². The van der Waals surface area contributed by atoms with Crippen LogP contribution in [0.2, 0.25) is 5.02 Å². The molecule has 9 heteroatoms. The Labute approximate surface area is 155 Å². The minimum absolute atomic E-state index is 0.223. The third kappa shape index (κ3) is 4.50. The molecule has 0 bridgehead atoms. The molecule has 0 atom stereocenters. The number of halogens is 3. The van der Waals surface area contributed by atoms with Gasteiger partial charge in [0.1, 0.15) is 16.5 Å². The van der Waals surface area contributed by atoms with E-state index in [9.17, 15) is 17.2 Å². The number of hydrogen-bond donors (Lipinski definition) is 1. The number of ether oxygens (including phenoxy) is 1. The van der Waals surface area contributed by atoms with E-state index in [1.165, 1.54) is 6.07 Å². The average molecular weight is 403 g/mol. The molecule has 0 unspecified atom stereocenters. The van der Waals surface area contributed by atoms with Crippen molar-refractivity contribution in [1.29, 1.82) is 0 Å². The van der Waals surface area contributed by atoms with Crippen LogP contribution in [0.25, 0.3) is 0 Å². The molecule has 1 N–H and O–H groups in total. The molecule has 0 aromatic heterocycles. The quantitative estimate of drug-likeness (QED) is 0.834. The predicted molar refractivity (Wildman–Crippen MR) is 94.7 cm³/mol. The Hall–Kier alpha value is -1.74. The van der Waals surface area contributed by atoms with E-state index in [0.29, 0.717) is 30.8 Å². The zero-order valence-electron chi connectivity index (χ0n) is 13.7. The monoisotopic (exact) mass is 402 g/mol. The van der Waals surface area contributed by atoms with E-state index < -0.39 is 26.6 Å². The number of sulfonamides is 1. The van der Waals surface area contributed by atoms with Crippen molar-refractivity contribution >= 4 is 27.3 Å². The molecule has 1 fully saturated rings. The lowest BCUT2D eigenvalue weighted by Gasteiger charge is -2.27. The van der Waals surface area contributed by atoms with Crippen molar-refractivity contribution < 1.29 is 21.9 Å². The normalized spacial score (nSPS) is 15.8. The van der Waals surface area contributed by atoms with Gasteiger partial charge in [-0.05, 0) is 42.0 Å². The van der Waals surface area contributed by atoms with Crippen molar-refractivity contribution in [3.8, 4) is 0 Å². The summed E-state index contributed by atoms with van der Waals surface area (Å²) in [7, 11) is -4.27. The van der Waals surface area contributed by atoms with E-state index >= 15 is 0 Å². The molecule has 1 aliphatic rings. The van der Waals surface area contributed by atoms with Crippen molar-refractivity contribution in [3.63, 3.8) is 0 Å². The van der Waals surface area contributed by atoms with Crippen LogP contribution >= 0.6 is 11.6 Å². The summed E-state index contributed by atoms with van der Waals surface area (Å²) in [5.41, 5.74) is 0.954. The van der Waals surface area contributed by atoms with Gasteiger partial charge in [0.25, 0.3) is 10.0 Å². The number of anilines is 1. The number of hydrogen-bond acceptors (Lipinski definition) is 4. The summed E-state index contributed by atoms with van der Waals surface area (Å²) < 4.78 is 59.4. The molecule has 1 aliphatic heterocycles. The second-order valence-corrected chi connectivity index (χ2v) is 7.93. The fraction of sp³-hybridized carbons (Fsp3) is 0.294. The molecule has 3 rings (SSSR count). The molecular formula is C17H17ClF2N2O3S. The molecule has 1 saturated heterocycles. The third-order valence-corrected chi connectivity index (χ3v) is 5.74. The lowest BCUT2D eigenvalue weighted by molar-refractivity contribution is 0.0342. The van der Waals surface area contributed by atoms with E-state index in [2.05, 4.69) is 9.62 Å². The molecule has 1 heterocycles. The standard InChI is InChI=1S/C17H17ClF2N2O3S/c18-15-3-2-14(9-12(15)11-22-5-7-25-8-6-22)21-26(23,24)17-10-13(19)1-4-16(17)20/h1-4,9-10,21H,5-8,11H2. The van der Waals surface area contributed by atoms with Crippen LogP contribution in [0.5, 0.6) is 0 Å². The number of rotatable bonds is 5. The van der Waals surface area contributed by atoms with Crippen LogP contribution in [0.1, 0.15) is 5.56 Å². The van der Waals surface area contributed by atoms with Crippen LogP contribution in [0, 0.1) is 11.6 Å². The molecular weight excluding hydrogens is 386 g/mol. The van der Waals surface area contributed by atoms with Crippen LogP contribution in [0.3, 0.4) is 0 Å². The molecule has 0 radical (unpaired) electrons. The first-order chi connectivity index (χ1) is 12.3. The highest BCUT2D eigenvalue weighted by molar-refractivity contribution is 7.92. The summed E-state index contributed by atoms with van der Waals surface area (Å²) >= 11 is 6.20. The van der Waals surface area contributed by atoms with Crippen molar-refractivity contribution in [3.05, 3.63) is 58.6 Å². The summed E-state index contributed by atoms with van der Waals surface area (Å²) in [6.07, 6.45) is 0. The van der Waals surface area contributed by atoms with E-state index in [1.54, 1.807) is 12.1 Å². The number of nitrogens with one attached hydrogen (secondary N) is 1. The van der Waals surface area contributed by atoms with Gasteiger partial charge in [-0.15, -0.1) is 0 Å². The van der Waals surface area contributed by atoms with Gasteiger partial charge in [-0.1, -0.05) is 11.6 Å². The van der Waals surface area contributed by atoms with Crippen LogP contribution in [0.15, 0.2) is 41.3 Å². The van der Waals surface area contributed by atoms with Crippen molar-refractivity contribution in [2.75, 3.05) is 31.0 Å². The topological polar surface area (TPSA) is 58.6 Å². The fourth-order valence-electron chi connectivity index (χ4n) is 2.65. The lowest BCUT2D eigenvalue weighted by atomic mass is 10.2. The zero-order chi connectivity index (χ0) is 18.7. The van der Waals surface area contributed by atoms with Crippen LogP contribution < -0.4 is 4.72 Å². The summed E-state index contributed by atoms with van der Waals surface area (Å²) in [6, 6.07) is 6.90. The SMILES string of the molecule is O=S(=O)(Nc1ccc(Cl)c(CN2CCOCC2)c1)c1cc(F)ccc1F. The minimum atomic E-state index is -4.27. The summed E-state index contributed by atoms with van der Waals surface area (Å²) in [5.74, 6) is -1.86. The zero-order valence-corrected chi connectivity index (χ0v) is 15.3. The molecule has 2 aromatic carbocycles. The van der Waals surface area contributed by atoms with Gasteiger partial charge in [-0.2, -0.15) is 0 Å². The van der Waals surface area contributed by atoms with E-state index in [4.69, 9.17) is 16.3 Å². The van der Waals surface area contributed by atoms with Crippen LogP contribution in [-0.4, -0.2) is 39.6 Å². The Morgan fingerprint density at radius 3 is 2.58 bits per heavy atom. The number of benzene rings is 2. The van der Waals surface area contributed by atoms with Gasteiger partial charge in [-0.25, -0.2) is 17.2 Å². The molecule has 0 amide bonds. The minimum Gasteiger partial charge on any atom is -0.379 e. The second-order valence-electron chi connectivity index (χ2n) is 5.87. The summed E-state index contributed by atoms with van der Waals surface area (Å²) in [6.45, 7) is 3.29. The Morgan fingerprint density at radius 2 is 1.85 bits per heavy atom. The predicted octanol–water partition coefficient (Wildman–Crippen LogP) is 3.25. The second kappa shape index (κ2) is 7.87. The number of morpholine rings is 1. The first-order valence-electron chi connectivity index (χ1n) is 7.91. The summed E-state index contributed by atoms with van der Waals surface area (Å²) in [4.78, 5) is 1.39. The first-order valence-corrected chi connectivity index (χ1v) is 9.78. The third-order valence-electron chi connectivity index (χ3n) is 3.98. The Kier molecular flexibility index (Phi) is 5.76. The molecule has 0 aliphatic carbocycles. The van der Waals surface area contributed by atoms with E-state index in [0.717, 1.165) is 30.8 Å². The maximum absolute atomic E-state index is 13.8. The molecule has 26 heavy (non-hydrogen) atoms. The van der Waals surface area contributed by atoms with Gasteiger partial charge < -0.3 is 4.74 Å². The van der Waals surface area contributed by atoms with Crippen LogP contribution in [-0.2, 0) is 21.3 Å². The van der Waals surface area contributed by atoms with Crippen molar-refractivity contribution in [1.82, 2.24) is 4.90 Å². The molecule has 5 nitrogen and oxygen atoms in total. The first kappa shape index (κ1) is 19.0. The largest absolute Gasteiger partial charge is 0.379 e. The van der Waals surface area contributed by atoms with E-state index in [-0.39, 0.29) is 5.69 Å². The fourth-order valence-corrected chi connectivity index (χ4v) is 3.97. The highest BCUT2D eigenvalue weighted by atomic mass is 35.5. The maximum Gasteiger partial charge on any atom is 0.264 e. The van der Waals surface area contributed by atoms with Gasteiger partial charge >= 0.3 is 0 Å². The van der Waals surface area contributed by atoms with Gasteiger partial charge in [0.15, 0.2) is 0 Å². The average Bonchev–Trinajstić information content (AvgIpc) is 2.60. The molecule has 0 saturated carbocycles. The molecule has 0 spiro atoms. The Balaban J connectivity index is 1.83. The summed E-state index contributed by atoms with van der Waals surface area (Å²) in [5, 5.41) is 0.497. The van der Waals surface area contributed by atoms with Gasteiger partial charge in [0, 0.05) is 30.3 Å². The lowest BCUT2D eigenvalue weighted by Crippen LogP contribution is -2.35. The Morgan fingerprint density at radius 1 is 1.12 bits per heavy atom. The van der Waals surface area contributed by atoms with Crippen LogP contribution in [0.4, 0.5) is 14.5 Å². The highest BCUT2D eigenvalue weighted by Crippen LogP contribution is 2.25. The molecule has 140 valence electrons.